The lowest BCUT2D eigenvalue weighted by molar-refractivity contribution is 0.306. The van der Waals surface area contributed by atoms with Crippen molar-refractivity contribution in [2.45, 2.75) is 6.61 Å². The summed E-state index contributed by atoms with van der Waals surface area (Å²) in [6.07, 6.45) is 5.47. The van der Waals surface area contributed by atoms with Gasteiger partial charge in [-0.15, -0.1) is 0 Å². The van der Waals surface area contributed by atoms with Crippen molar-refractivity contribution >= 4 is 10.9 Å². The minimum absolute atomic E-state index is 0.541. The minimum atomic E-state index is 0.541. The number of hydrogen-bond donors (Lipinski definition) is 0. The van der Waals surface area contributed by atoms with Crippen molar-refractivity contribution in [2.24, 2.45) is 0 Å². The predicted molar refractivity (Wildman–Crippen MR) is 113 cm³/mol. The van der Waals surface area contributed by atoms with E-state index in [1.54, 1.807) is 6.20 Å². The van der Waals surface area contributed by atoms with Gasteiger partial charge in [-0.25, -0.2) is 15.0 Å². The van der Waals surface area contributed by atoms with E-state index in [9.17, 15) is 0 Å². The first-order valence-electron chi connectivity index (χ1n) is 9.39. The molecule has 0 atom stereocenters. The molecule has 140 valence electrons. The molecular formula is C24H18N4O. The zero-order valence-corrected chi connectivity index (χ0v) is 15.6. The smallest absolute Gasteiger partial charge is 0.235 e. The molecule has 5 aromatic rings. The van der Waals surface area contributed by atoms with E-state index in [1.165, 1.54) is 0 Å². The summed E-state index contributed by atoms with van der Waals surface area (Å²) in [7, 11) is 0. The average molecular weight is 378 g/mol. The Bertz CT molecular complexity index is 1250. The molecule has 0 amide bonds. The van der Waals surface area contributed by atoms with Crippen LogP contribution >= 0.6 is 0 Å². The molecule has 5 rings (SSSR count). The lowest BCUT2D eigenvalue weighted by atomic mass is 10.2. The second kappa shape index (κ2) is 7.56. The van der Waals surface area contributed by atoms with Crippen LogP contribution in [0, 0.1) is 0 Å². The van der Waals surface area contributed by atoms with E-state index in [0.717, 1.165) is 33.6 Å². The quantitative estimate of drug-likeness (QED) is 0.429. The molecule has 0 N–H and O–H groups in total. The van der Waals surface area contributed by atoms with Crippen molar-refractivity contribution in [2.75, 3.05) is 0 Å². The first-order valence-corrected chi connectivity index (χ1v) is 9.39. The van der Waals surface area contributed by atoms with Crippen molar-refractivity contribution in [3.63, 3.8) is 0 Å². The number of benzene rings is 3. The van der Waals surface area contributed by atoms with E-state index in [2.05, 4.69) is 27.1 Å². The number of fused-ring (bicyclic) bond motifs is 1. The molecule has 0 unspecified atom stereocenters. The van der Waals surface area contributed by atoms with Crippen LogP contribution in [0.2, 0.25) is 0 Å². The molecule has 3 aromatic carbocycles. The van der Waals surface area contributed by atoms with Gasteiger partial charge in [0.2, 0.25) is 5.95 Å². The summed E-state index contributed by atoms with van der Waals surface area (Å²) in [6.45, 7) is 0.541. The molecule has 0 radical (unpaired) electrons. The zero-order valence-electron chi connectivity index (χ0n) is 15.6. The lowest BCUT2D eigenvalue weighted by Crippen LogP contribution is -2.02. The first-order chi connectivity index (χ1) is 14.4. The van der Waals surface area contributed by atoms with Gasteiger partial charge < -0.3 is 4.74 Å². The second-order valence-corrected chi connectivity index (χ2v) is 6.65. The van der Waals surface area contributed by atoms with Gasteiger partial charge in [-0.2, -0.15) is 0 Å². The SMILES string of the molecule is c1ccc(COc2ccc(-c3nccn3-c3ncc4ccccc4n3)cc2)cc1. The first kappa shape index (κ1) is 17.1. The number of imidazole rings is 1. The van der Waals surface area contributed by atoms with Crippen LogP contribution in [0.5, 0.6) is 5.75 Å². The highest BCUT2D eigenvalue weighted by Gasteiger charge is 2.11. The molecule has 0 aliphatic carbocycles. The van der Waals surface area contributed by atoms with Crippen LogP contribution in [0.25, 0.3) is 28.2 Å². The number of para-hydroxylation sites is 1. The summed E-state index contributed by atoms with van der Waals surface area (Å²) in [5, 5.41) is 1.01. The van der Waals surface area contributed by atoms with Gasteiger partial charge >= 0.3 is 0 Å². The van der Waals surface area contributed by atoms with Crippen LogP contribution < -0.4 is 4.74 Å². The Balaban J connectivity index is 1.39. The van der Waals surface area contributed by atoms with Gasteiger partial charge in [0.05, 0.1) is 5.52 Å². The topological polar surface area (TPSA) is 52.8 Å². The molecule has 0 saturated carbocycles. The Labute approximate surface area is 168 Å². The highest BCUT2D eigenvalue weighted by atomic mass is 16.5. The van der Waals surface area contributed by atoms with Crippen molar-refractivity contribution < 1.29 is 4.74 Å². The molecule has 29 heavy (non-hydrogen) atoms. The number of ether oxygens (including phenoxy) is 1. The van der Waals surface area contributed by atoms with Gasteiger partial charge in [-0.1, -0.05) is 48.5 Å². The predicted octanol–water partition coefficient (Wildman–Crippen LogP) is 5.06. The third-order valence-electron chi connectivity index (χ3n) is 4.69. The number of rotatable bonds is 5. The Morgan fingerprint density at radius 1 is 0.793 bits per heavy atom. The van der Waals surface area contributed by atoms with E-state index < -0.39 is 0 Å². The van der Waals surface area contributed by atoms with Gasteiger partial charge in [-0.05, 0) is 35.9 Å². The third kappa shape index (κ3) is 3.58. The molecule has 2 aromatic heterocycles. The van der Waals surface area contributed by atoms with Crippen LogP contribution in [0.1, 0.15) is 5.56 Å². The normalized spacial score (nSPS) is 10.9. The van der Waals surface area contributed by atoms with E-state index in [1.807, 2.05) is 83.7 Å². The highest BCUT2D eigenvalue weighted by Crippen LogP contribution is 2.24. The number of aromatic nitrogens is 4. The summed E-state index contributed by atoms with van der Waals surface area (Å²) in [5.41, 5.74) is 3.02. The minimum Gasteiger partial charge on any atom is -0.489 e. The van der Waals surface area contributed by atoms with Crippen molar-refractivity contribution in [3.8, 4) is 23.1 Å². The molecule has 0 fully saturated rings. The maximum Gasteiger partial charge on any atom is 0.235 e. The maximum absolute atomic E-state index is 5.88. The highest BCUT2D eigenvalue weighted by molar-refractivity contribution is 5.78. The molecule has 0 spiro atoms. The number of nitrogens with zero attached hydrogens (tertiary/aromatic N) is 4. The van der Waals surface area contributed by atoms with Crippen LogP contribution in [-0.2, 0) is 6.61 Å². The standard InChI is InChI=1S/C24H18N4O/c1-2-6-18(7-3-1)17-29-21-12-10-19(11-13-21)23-25-14-15-28(23)24-26-16-20-8-4-5-9-22(20)27-24/h1-16H,17H2. The molecule has 0 aliphatic rings. The maximum atomic E-state index is 5.88. The Kier molecular flexibility index (Phi) is 4.47. The largest absolute Gasteiger partial charge is 0.489 e. The molecule has 5 heteroatoms. The summed E-state index contributed by atoms with van der Waals surface area (Å²) >= 11 is 0. The summed E-state index contributed by atoms with van der Waals surface area (Å²) in [4.78, 5) is 13.7. The lowest BCUT2D eigenvalue weighted by Gasteiger charge is -2.09. The fourth-order valence-corrected chi connectivity index (χ4v) is 3.20. The Hall–Kier alpha value is -3.99. The van der Waals surface area contributed by atoms with Crippen LogP contribution in [0.15, 0.2) is 97.5 Å². The molecule has 5 nitrogen and oxygen atoms in total. The van der Waals surface area contributed by atoms with Crippen LogP contribution in [0.4, 0.5) is 0 Å². The van der Waals surface area contributed by atoms with Crippen molar-refractivity contribution in [3.05, 3.63) is 103 Å². The van der Waals surface area contributed by atoms with Gasteiger partial charge in [0, 0.05) is 29.5 Å². The van der Waals surface area contributed by atoms with E-state index >= 15 is 0 Å². The summed E-state index contributed by atoms with van der Waals surface area (Å²) < 4.78 is 7.77. The number of hydrogen-bond acceptors (Lipinski definition) is 4. The summed E-state index contributed by atoms with van der Waals surface area (Å²) in [5.74, 6) is 2.20. The second-order valence-electron chi connectivity index (χ2n) is 6.65. The van der Waals surface area contributed by atoms with Gasteiger partial charge in [-0.3, -0.25) is 4.57 Å². The fraction of sp³-hybridized carbons (Fsp3) is 0.0417. The molecule has 0 saturated heterocycles. The van der Waals surface area contributed by atoms with Crippen LogP contribution in [-0.4, -0.2) is 19.5 Å². The van der Waals surface area contributed by atoms with Crippen LogP contribution in [0.3, 0.4) is 0 Å². The fourth-order valence-electron chi connectivity index (χ4n) is 3.20. The molecular weight excluding hydrogens is 360 g/mol. The van der Waals surface area contributed by atoms with Gasteiger partial charge in [0.25, 0.3) is 0 Å². The van der Waals surface area contributed by atoms with E-state index in [-0.39, 0.29) is 0 Å². The van der Waals surface area contributed by atoms with Crippen molar-refractivity contribution in [1.29, 1.82) is 0 Å². The van der Waals surface area contributed by atoms with E-state index in [4.69, 9.17) is 4.74 Å². The van der Waals surface area contributed by atoms with Crippen molar-refractivity contribution in [1.82, 2.24) is 19.5 Å². The van der Waals surface area contributed by atoms with E-state index in [0.29, 0.717) is 12.6 Å². The molecule has 2 heterocycles. The average Bonchev–Trinajstić information content (AvgIpc) is 3.28. The monoisotopic (exact) mass is 378 g/mol. The Morgan fingerprint density at radius 2 is 1.59 bits per heavy atom. The Morgan fingerprint density at radius 3 is 2.45 bits per heavy atom. The third-order valence-corrected chi connectivity index (χ3v) is 4.69. The molecule has 0 aliphatic heterocycles. The zero-order chi connectivity index (χ0) is 19.5. The van der Waals surface area contributed by atoms with Gasteiger partial charge in [0.1, 0.15) is 18.2 Å². The summed E-state index contributed by atoms with van der Waals surface area (Å²) in [6, 6.07) is 26.0. The molecule has 0 bridgehead atoms. The van der Waals surface area contributed by atoms with Gasteiger partial charge in [0.15, 0.2) is 0 Å².